The van der Waals surface area contributed by atoms with Crippen molar-refractivity contribution >= 4 is 24.0 Å². The highest BCUT2D eigenvalue weighted by Crippen LogP contribution is 2.38. The van der Waals surface area contributed by atoms with Crippen molar-refractivity contribution in [1.82, 2.24) is 9.62 Å². The third kappa shape index (κ3) is 2.32. The standard InChI is InChI=1S/C11H16N2O4S/c1-7-5-11(3-4-13(7)10(15)16)6-8(18-12-11)9(14)17-2/h6-7,12H,3-5H2,1-2H3,(H,15,16)/t7-,11+/m0/s1. The number of carbonyl (C=O) groups excluding carboxylic acids is 1. The Kier molecular flexibility index (Phi) is 3.54. The normalized spacial score (nSPS) is 31.3. The maximum absolute atomic E-state index is 11.4. The zero-order valence-corrected chi connectivity index (χ0v) is 11.1. The minimum atomic E-state index is -0.889. The Morgan fingerprint density at radius 2 is 2.39 bits per heavy atom. The zero-order valence-electron chi connectivity index (χ0n) is 10.3. The van der Waals surface area contributed by atoms with Gasteiger partial charge in [0.2, 0.25) is 0 Å². The van der Waals surface area contributed by atoms with Gasteiger partial charge in [0.15, 0.2) is 0 Å². The summed E-state index contributed by atoms with van der Waals surface area (Å²) < 4.78 is 7.91. The fourth-order valence-corrected chi connectivity index (χ4v) is 3.46. The molecule has 2 aliphatic rings. The number of amides is 1. The van der Waals surface area contributed by atoms with Gasteiger partial charge in [0, 0.05) is 12.6 Å². The van der Waals surface area contributed by atoms with Crippen LogP contribution >= 0.6 is 11.9 Å². The maximum Gasteiger partial charge on any atom is 0.407 e. The van der Waals surface area contributed by atoms with E-state index in [2.05, 4.69) is 9.46 Å². The van der Waals surface area contributed by atoms with E-state index in [0.717, 1.165) is 0 Å². The monoisotopic (exact) mass is 272 g/mol. The van der Waals surface area contributed by atoms with Gasteiger partial charge in [-0.05, 0) is 37.8 Å². The number of hydrogen-bond acceptors (Lipinski definition) is 5. The number of esters is 1. The molecule has 2 aliphatic heterocycles. The quantitative estimate of drug-likeness (QED) is 0.551. The lowest BCUT2D eigenvalue weighted by Gasteiger charge is -2.41. The molecule has 1 amide bonds. The van der Waals surface area contributed by atoms with Crippen molar-refractivity contribution in [2.24, 2.45) is 0 Å². The molecular formula is C11H16N2O4S. The van der Waals surface area contributed by atoms with Gasteiger partial charge in [-0.15, -0.1) is 0 Å². The number of piperidine rings is 1. The number of nitrogens with one attached hydrogen (secondary N) is 1. The average Bonchev–Trinajstić information content (AvgIpc) is 2.71. The molecule has 1 fully saturated rings. The minimum absolute atomic E-state index is 0.0717. The Morgan fingerprint density at radius 3 is 2.94 bits per heavy atom. The summed E-state index contributed by atoms with van der Waals surface area (Å²) in [5.41, 5.74) is -0.292. The van der Waals surface area contributed by atoms with Gasteiger partial charge in [-0.25, -0.2) is 14.3 Å². The second-order valence-electron chi connectivity index (χ2n) is 4.64. The van der Waals surface area contributed by atoms with Gasteiger partial charge >= 0.3 is 12.1 Å². The topological polar surface area (TPSA) is 78.9 Å². The SMILES string of the molecule is COC(=O)C1=C[C@]2(CCN(C(=O)O)[C@@H](C)C2)NS1. The van der Waals surface area contributed by atoms with Crippen LogP contribution in [0.4, 0.5) is 4.79 Å². The van der Waals surface area contributed by atoms with Gasteiger partial charge in [0.25, 0.3) is 0 Å². The Morgan fingerprint density at radius 1 is 1.67 bits per heavy atom. The van der Waals surface area contributed by atoms with Crippen molar-refractivity contribution < 1.29 is 19.4 Å². The smallest absolute Gasteiger partial charge is 0.407 e. The molecule has 7 heteroatoms. The van der Waals surface area contributed by atoms with Gasteiger partial charge in [-0.1, -0.05) is 0 Å². The molecule has 1 saturated heterocycles. The van der Waals surface area contributed by atoms with Crippen LogP contribution < -0.4 is 4.72 Å². The number of rotatable bonds is 1. The van der Waals surface area contributed by atoms with Crippen LogP contribution in [0.15, 0.2) is 11.0 Å². The van der Waals surface area contributed by atoms with Gasteiger partial charge in [0.05, 0.1) is 12.6 Å². The molecule has 0 saturated carbocycles. The van der Waals surface area contributed by atoms with Gasteiger partial charge in [-0.2, -0.15) is 0 Å². The van der Waals surface area contributed by atoms with Crippen molar-refractivity contribution in [2.45, 2.75) is 31.3 Å². The molecule has 100 valence electrons. The average molecular weight is 272 g/mol. The summed E-state index contributed by atoms with van der Waals surface area (Å²) in [6, 6.07) is -0.0717. The van der Waals surface area contributed by atoms with E-state index < -0.39 is 6.09 Å². The molecule has 2 N–H and O–H groups in total. The van der Waals surface area contributed by atoms with Gasteiger partial charge < -0.3 is 14.7 Å². The number of carboxylic acid groups (broad SMARTS) is 1. The molecule has 0 aromatic heterocycles. The lowest BCUT2D eigenvalue weighted by molar-refractivity contribution is -0.135. The second kappa shape index (κ2) is 4.81. The Balaban J connectivity index is 2.10. The number of likely N-dealkylation sites (tertiary alicyclic amines) is 1. The predicted octanol–water partition coefficient (Wildman–Crippen LogP) is 1.20. The molecule has 0 unspecified atom stereocenters. The summed E-state index contributed by atoms with van der Waals surface area (Å²) in [6.07, 6.45) is 2.31. The van der Waals surface area contributed by atoms with E-state index in [9.17, 15) is 9.59 Å². The molecule has 6 nitrogen and oxygen atoms in total. The highest BCUT2D eigenvalue weighted by molar-refractivity contribution is 8.02. The largest absolute Gasteiger partial charge is 0.465 e. The van der Waals surface area contributed by atoms with Crippen molar-refractivity contribution in [3.8, 4) is 0 Å². The van der Waals surface area contributed by atoms with Crippen LogP contribution in [-0.4, -0.2) is 47.3 Å². The van der Waals surface area contributed by atoms with Crippen LogP contribution in [0.25, 0.3) is 0 Å². The van der Waals surface area contributed by atoms with Gasteiger partial charge in [-0.3, -0.25) is 0 Å². The second-order valence-corrected chi connectivity index (χ2v) is 5.49. The summed E-state index contributed by atoms with van der Waals surface area (Å²) in [7, 11) is 1.35. The molecule has 2 heterocycles. The Labute approximate surface area is 109 Å². The van der Waals surface area contributed by atoms with E-state index in [-0.39, 0.29) is 17.6 Å². The molecule has 1 spiro atoms. The molecule has 0 aliphatic carbocycles. The number of ether oxygens (including phenoxy) is 1. The first-order valence-electron chi connectivity index (χ1n) is 5.72. The number of methoxy groups -OCH3 is 1. The summed E-state index contributed by atoms with van der Waals surface area (Å²) in [4.78, 5) is 24.4. The van der Waals surface area contributed by atoms with Crippen molar-refractivity contribution in [3.63, 3.8) is 0 Å². The van der Waals surface area contributed by atoms with Crippen LogP contribution in [-0.2, 0) is 9.53 Å². The Hall–Kier alpha value is -1.21. The number of carbonyl (C=O) groups is 2. The van der Waals surface area contributed by atoms with E-state index in [4.69, 9.17) is 5.11 Å². The highest BCUT2D eigenvalue weighted by Gasteiger charge is 2.42. The minimum Gasteiger partial charge on any atom is -0.465 e. The molecule has 0 aromatic carbocycles. The summed E-state index contributed by atoms with van der Waals surface area (Å²) in [6.45, 7) is 2.35. The van der Waals surface area contributed by atoms with E-state index >= 15 is 0 Å². The molecule has 0 aromatic rings. The molecule has 2 atom stereocenters. The van der Waals surface area contributed by atoms with E-state index in [1.165, 1.54) is 24.0 Å². The van der Waals surface area contributed by atoms with E-state index in [0.29, 0.717) is 24.3 Å². The summed E-state index contributed by atoms with van der Waals surface area (Å²) in [5, 5.41) is 9.03. The third-order valence-corrected chi connectivity index (χ3v) is 4.41. The number of nitrogens with zero attached hydrogens (tertiary/aromatic N) is 1. The van der Waals surface area contributed by atoms with E-state index in [1.54, 1.807) is 0 Å². The molecule has 0 radical (unpaired) electrons. The first kappa shape index (κ1) is 13.2. The molecular weight excluding hydrogens is 256 g/mol. The van der Waals surface area contributed by atoms with Crippen LogP contribution in [0.5, 0.6) is 0 Å². The lowest BCUT2D eigenvalue weighted by Crippen LogP contribution is -2.53. The fraction of sp³-hybridized carbons (Fsp3) is 0.636. The van der Waals surface area contributed by atoms with Gasteiger partial charge in [0.1, 0.15) is 4.91 Å². The first-order chi connectivity index (χ1) is 8.47. The van der Waals surface area contributed by atoms with E-state index in [1.807, 2.05) is 13.0 Å². The van der Waals surface area contributed by atoms with Crippen molar-refractivity contribution in [3.05, 3.63) is 11.0 Å². The van der Waals surface area contributed by atoms with Crippen LogP contribution in [0.3, 0.4) is 0 Å². The zero-order chi connectivity index (χ0) is 13.3. The van der Waals surface area contributed by atoms with Crippen molar-refractivity contribution in [1.29, 1.82) is 0 Å². The Bertz CT molecular complexity index is 412. The lowest BCUT2D eigenvalue weighted by atomic mass is 9.84. The summed E-state index contributed by atoms with van der Waals surface area (Å²) >= 11 is 1.26. The van der Waals surface area contributed by atoms with Crippen LogP contribution in [0.2, 0.25) is 0 Å². The molecule has 18 heavy (non-hydrogen) atoms. The third-order valence-electron chi connectivity index (χ3n) is 3.39. The fourth-order valence-electron chi connectivity index (χ4n) is 2.46. The maximum atomic E-state index is 11.4. The predicted molar refractivity (Wildman–Crippen MR) is 67.0 cm³/mol. The molecule has 2 rings (SSSR count). The highest BCUT2D eigenvalue weighted by atomic mass is 32.2. The van der Waals surface area contributed by atoms with Crippen molar-refractivity contribution in [2.75, 3.05) is 13.7 Å². The van der Waals surface area contributed by atoms with Crippen LogP contribution in [0.1, 0.15) is 19.8 Å². The summed E-state index contributed by atoms with van der Waals surface area (Å²) in [5.74, 6) is -0.349. The molecule has 0 bridgehead atoms. The first-order valence-corrected chi connectivity index (χ1v) is 6.54. The van der Waals surface area contributed by atoms with Crippen LogP contribution in [0, 0.1) is 0 Å². The number of hydrogen-bond donors (Lipinski definition) is 2.